The highest BCUT2D eigenvalue weighted by atomic mass is 32.1. The van der Waals surface area contributed by atoms with Gasteiger partial charge in [0.15, 0.2) is 0 Å². The number of carbonyl (C=O) groups excluding carboxylic acids is 6. The molecule has 10 bridgehead atoms. The number of nitrogens with zero attached hydrogens (tertiary/aromatic N) is 9. The number of thiazole rings is 6. The van der Waals surface area contributed by atoms with Crippen LogP contribution in [-0.2, 0) is 27.3 Å². The van der Waals surface area contributed by atoms with Gasteiger partial charge in [0.25, 0.3) is 23.6 Å². The molecule has 1 saturated carbocycles. The second kappa shape index (κ2) is 29.1. The first-order valence-electron chi connectivity index (χ1n) is 31.4. The van der Waals surface area contributed by atoms with Gasteiger partial charge in [0.2, 0.25) is 11.8 Å². The minimum Gasteiger partial charge on any atom is -0.508 e. The Morgan fingerprint density at radius 1 is 0.640 bits per heavy atom. The molecule has 10 N–H and O–H groups in total. The van der Waals surface area contributed by atoms with Gasteiger partial charge in [-0.05, 0) is 85.7 Å². The van der Waals surface area contributed by atoms with Gasteiger partial charge in [0, 0.05) is 68.8 Å². The number of fused-ring (bicyclic) bond motifs is 16. The van der Waals surface area contributed by atoms with Crippen LogP contribution in [0.15, 0.2) is 118 Å². The van der Waals surface area contributed by atoms with E-state index in [0.717, 1.165) is 45.3 Å². The van der Waals surface area contributed by atoms with Gasteiger partial charge in [-0.2, -0.15) is 0 Å². The number of carboxylic acids is 2. The SMILES string of the molecule is Cc1sc2nc1C(=O)N[C@@H]([C@H](O)c1ccccc1)c1nc(cs1)C(=O)N[C@@H](Cc1ccc(O)cc1)C(=O)N1C[C@H](O)[C@H](C)[C@H]1c1nc(cs1)-c1nc(cs1)-c1nc(-c3nc(C(=O)N(Cc4ccc(C(=O)O)cc4)C4CCC(C(=O)O)CC4)cs3)ccc1-c1nc(cs1)C(=O)N[C@H]2CC(N)=O. The summed E-state index contributed by atoms with van der Waals surface area (Å²) in [5, 5.41) is 71.8. The number of aliphatic hydroxyl groups excluding tert-OH is 2. The van der Waals surface area contributed by atoms with Gasteiger partial charge in [-0.3, -0.25) is 33.6 Å². The number of aromatic carboxylic acids is 1. The Kier molecular flexibility index (Phi) is 20.0. The number of nitrogens with two attached hydrogens (primary N) is 1. The first kappa shape index (κ1) is 68.6. The molecule has 1 saturated heterocycles. The number of hydrogen-bond acceptors (Lipinski definition) is 24. The van der Waals surface area contributed by atoms with Crippen molar-refractivity contribution in [3.05, 3.63) is 183 Å². The minimum atomic E-state index is -1.43. The maximum Gasteiger partial charge on any atom is 0.335 e. The molecular formula is C68H61N13O13S6. The van der Waals surface area contributed by atoms with Gasteiger partial charge in [-0.15, -0.1) is 68.0 Å². The van der Waals surface area contributed by atoms with Crippen LogP contribution >= 0.6 is 68.0 Å². The van der Waals surface area contributed by atoms with Crippen LogP contribution in [0.3, 0.4) is 0 Å². The third-order valence-electron chi connectivity index (χ3n) is 17.7. The largest absolute Gasteiger partial charge is 0.508 e. The lowest BCUT2D eigenvalue weighted by molar-refractivity contribution is -0.143. The Morgan fingerprint density at radius 3 is 1.99 bits per heavy atom. The van der Waals surface area contributed by atoms with Crippen molar-refractivity contribution in [3.8, 4) is 49.1 Å². The number of aromatic hydroxyl groups is 1. The molecule has 0 unspecified atom stereocenters. The number of rotatable bonds is 13. The fourth-order valence-electron chi connectivity index (χ4n) is 12.4. The summed E-state index contributed by atoms with van der Waals surface area (Å²) in [5.41, 5.74) is 9.13. The van der Waals surface area contributed by atoms with Crippen LogP contribution in [0.4, 0.5) is 0 Å². The topological polar surface area (TPSA) is 397 Å². The van der Waals surface area contributed by atoms with Crippen LogP contribution in [0, 0.1) is 18.8 Å². The average molecular weight is 1460 g/mol. The van der Waals surface area contributed by atoms with Crippen molar-refractivity contribution < 1.29 is 63.9 Å². The highest BCUT2D eigenvalue weighted by Gasteiger charge is 2.46. The summed E-state index contributed by atoms with van der Waals surface area (Å²) in [6.07, 6.45) is -1.38. The number of amides is 6. The summed E-state index contributed by atoms with van der Waals surface area (Å²) in [4.78, 5) is 148. The molecule has 10 aromatic rings. The molecule has 3 aromatic carbocycles. The molecule has 9 heterocycles. The Hall–Kier alpha value is -9.93. The van der Waals surface area contributed by atoms with E-state index in [4.69, 9.17) is 30.7 Å². The van der Waals surface area contributed by atoms with Crippen LogP contribution < -0.4 is 21.7 Å². The van der Waals surface area contributed by atoms with Crippen molar-refractivity contribution >= 4 is 115 Å². The summed E-state index contributed by atoms with van der Waals surface area (Å²) in [5.74, 6) is -7.16. The highest BCUT2D eigenvalue weighted by molar-refractivity contribution is 7.15. The molecule has 100 heavy (non-hydrogen) atoms. The monoisotopic (exact) mass is 1460 g/mol. The molecule has 6 amide bonds. The Labute approximate surface area is 593 Å². The van der Waals surface area contributed by atoms with E-state index >= 15 is 4.79 Å². The Morgan fingerprint density at radius 2 is 1.27 bits per heavy atom. The molecule has 26 nitrogen and oxygen atoms in total. The van der Waals surface area contributed by atoms with Crippen molar-refractivity contribution in [1.82, 2.24) is 60.6 Å². The predicted octanol–water partition coefficient (Wildman–Crippen LogP) is 9.27. The number of nitrogens with one attached hydrogen (secondary N) is 3. The molecule has 7 aromatic heterocycles. The fraction of sp³-hybridized carbons (Fsp3) is 0.279. The molecule has 0 radical (unpaired) electrons. The smallest absolute Gasteiger partial charge is 0.335 e. The molecule has 3 aliphatic rings. The van der Waals surface area contributed by atoms with Gasteiger partial charge >= 0.3 is 11.9 Å². The molecule has 32 heteroatoms. The summed E-state index contributed by atoms with van der Waals surface area (Å²) >= 11 is 6.76. The van der Waals surface area contributed by atoms with E-state index in [1.54, 1.807) is 102 Å². The molecule has 1 aliphatic carbocycles. The van der Waals surface area contributed by atoms with Crippen LogP contribution in [0.5, 0.6) is 5.75 Å². The van der Waals surface area contributed by atoms with Crippen LogP contribution in [0.1, 0.15) is 152 Å². The van der Waals surface area contributed by atoms with E-state index < -0.39 is 102 Å². The number of primary amides is 1. The zero-order chi connectivity index (χ0) is 70.2. The molecule has 0 spiro atoms. The number of pyridine rings is 1. The van der Waals surface area contributed by atoms with E-state index in [0.29, 0.717) is 95.6 Å². The number of aryl methyl sites for hydroxylation is 1. The predicted molar refractivity (Wildman–Crippen MR) is 373 cm³/mol. The van der Waals surface area contributed by atoms with Crippen molar-refractivity contribution in [2.45, 2.75) is 101 Å². The molecule has 2 aliphatic heterocycles. The number of aliphatic carboxylic acids is 1. The standard InChI is InChI=1S/C68H61N13O13S6/c1-31-49(83)25-81-54(31)64-76-47(29-99-64)61-73-44(26-96-61)52-40(20-21-41(70-52)60-77-48(30-97-60)66(90)80(38-16-14-37(15-17-38)68(93)94)24-34-8-12-36(13-9-34)67(91)92)59-74-45(27-95-59)56(86)71-42(23-50(69)84)62-79-51(32(2)100-62)58(88)78-53(55(85)35-6-4-3-5-7-35)63-75-46(28-98-63)57(87)72-43(65(81)89)22-33-10-18-39(82)19-11-33/h3-13,18-21,26-31,37-38,42-43,49,53-55,82-83,85H,14-17,22-25H2,1-2H3,(H2,69,84)(H,71,86)(H,72,87)(H,78,88)(H,91,92)(H,93,94)/t31-,37?,38?,42-,43-,49-,53-,54-,55+/m0/s1. The third-order valence-corrected chi connectivity index (χ3v) is 23.3. The lowest BCUT2D eigenvalue weighted by atomic mass is 9.85. The summed E-state index contributed by atoms with van der Waals surface area (Å²) < 4.78 is 0. The number of carbonyl (C=O) groups is 8. The summed E-state index contributed by atoms with van der Waals surface area (Å²) in [7, 11) is 0. The van der Waals surface area contributed by atoms with Crippen molar-refractivity contribution in [1.29, 1.82) is 0 Å². The summed E-state index contributed by atoms with van der Waals surface area (Å²) in [6.45, 7) is 3.40. The number of carboxylic acid groups (broad SMARTS) is 2. The van der Waals surface area contributed by atoms with Gasteiger partial charge in [0.1, 0.15) is 93.8 Å². The zero-order valence-corrected chi connectivity index (χ0v) is 57.9. The first-order valence-corrected chi connectivity index (χ1v) is 36.7. The quantitative estimate of drug-likeness (QED) is 0.0519. The van der Waals surface area contributed by atoms with Crippen LogP contribution in [-0.4, -0.2) is 142 Å². The van der Waals surface area contributed by atoms with Gasteiger partial charge in [-0.25, -0.2) is 39.7 Å². The number of aromatic nitrogens is 7. The first-order chi connectivity index (χ1) is 48.1. The lowest BCUT2D eigenvalue weighted by Gasteiger charge is -2.36. The fourth-order valence-corrected chi connectivity index (χ4v) is 17.7. The van der Waals surface area contributed by atoms with Crippen molar-refractivity contribution in [2.24, 2.45) is 17.6 Å². The van der Waals surface area contributed by atoms with Crippen molar-refractivity contribution in [2.75, 3.05) is 6.54 Å². The van der Waals surface area contributed by atoms with E-state index in [-0.39, 0.29) is 69.7 Å². The van der Waals surface area contributed by atoms with E-state index in [2.05, 4.69) is 25.9 Å². The maximum absolute atomic E-state index is 15.3. The Balaban J connectivity index is 0.884. The van der Waals surface area contributed by atoms with Crippen LogP contribution in [0.2, 0.25) is 0 Å². The average Bonchev–Trinajstić information content (AvgIpc) is 1.62. The van der Waals surface area contributed by atoms with E-state index in [1.807, 2.05) is 0 Å². The number of benzene rings is 3. The van der Waals surface area contributed by atoms with Gasteiger partial charge in [0.05, 0.1) is 41.8 Å². The molecular weight excluding hydrogens is 1400 g/mol. The minimum absolute atomic E-state index is 0.0195. The zero-order valence-electron chi connectivity index (χ0n) is 53.0. The molecule has 13 rings (SSSR count). The summed E-state index contributed by atoms with van der Waals surface area (Å²) in [6, 6.07) is 19.4. The highest BCUT2D eigenvalue weighted by Crippen LogP contribution is 2.43. The number of phenols is 1. The maximum atomic E-state index is 15.3. The molecule has 2 fully saturated rings. The van der Waals surface area contributed by atoms with Gasteiger partial charge < -0.3 is 57.0 Å². The van der Waals surface area contributed by atoms with Crippen LogP contribution in [0.25, 0.3) is 43.4 Å². The number of phenolic OH excluding ortho intramolecular Hbond substituents is 1. The van der Waals surface area contributed by atoms with E-state index in [9.17, 15) is 59.1 Å². The molecule has 7 atom stereocenters. The third kappa shape index (κ3) is 14.6. The lowest BCUT2D eigenvalue weighted by Crippen LogP contribution is -2.50. The Bertz CT molecular complexity index is 4770. The van der Waals surface area contributed by atoms with Crippen molar-refractivity contribution in [3.63, 3.8) is 0 Å². The molecule has 512 valence electrons. The second-order valence-electron chi connectivity index (χ2n) is 24.3. The second-order valence-corrected chi connectivity index (χ2v) is 29.9. The number of hydrogen-bond donors (Lipinski definition) is 9. The number of aliphatic hydroxyl groups is 2. The van der Waals surface area contributed by atoms with E-state index in [1.165, 1.54) is 62.6 Å². The normalized spacial score (nSPS) is 20.7. The van der Waals surface area contributed by atoms with Gasteiger partial charge in [-0.1, -0.05) is 61.5 Å².